The highest BCUT2D eigenvalue weighted by atomic mass is 16.5. The van der Waals surface area contributed by atoms with E-state index in [1.165, 1.54) is 0 Å². The molecule has 5 heteroatoms. The fourth-order valence-corrected chi connectivity index (χ4v) is 1.77. The summed E-state index contributed by atoms with van der Waals surface area (Å²) in [7, 11) is 1.70. The third kappa shape index (κ3) is 6.29. The zero-order chi connectivity index (χ0) is 15.7. The molecule has 0 fully saturated rings. The highest BCUT2D eigenvalue weighted by Gasteiger charge is 2.12. The molecule has 1 aromatic carbocycles. The van der Waals surface area contributed by atoms with Crippen molar-refractivity contribution >= 4 is 11.9 Å². The molecule has 0 saturated heterocycles. The molecule has 21 heavy (non-hydrogen) atoms. The zero-order valence-corrected chi connectivity index (χ0v) is 12.9. The lowest BCUT2D eigenvalue weighted by Crippen LogP contribution is -2.31. The van der Waals surface area contributed by atoms with Crippen molar-refractivity contribution in [3.63, 3.8) is 0 Å². The van der Waals surface area contributed by atoms with E-state index in [0.717, 1.165) is 11.3 Å². The van der Waals surface area contributed by atoms with Crippen LogP contribution in [-0.2, 0) is 14.3 Å². The van der Waals surface area contributed by atoms with Gasteiger partial charge in [-0.15, -0.1) is 0 Å². The van der Waals surface area contributed by atoms with Gasteiger partial charge < -0.3 is 14.4 Å². The lowest BCUT2D eigenvalue weighted by molar-refractivity contribution is -0.145. The van der Waals surface area contributed by atoms with Gasteiger partial charge in [-0.3, -0.25) is 9.59 Å². The van der Waals surface area contributed by atoms with E-state index in [1.54, 1.807) is 18.9 Å². The number of likely N-dealkylation sites (N-methyl/N-ethyl adjacent to an activating group) is 1. The molecule has 0 spiro atoms. The van der Waals surface area contributed by atoms with Crippen LogP contribution >= 0.6 is 0 Å². The van der Waals surface area contributed by atoms with Crippen LogP contribution in [0.2, 0.25) is 0 Å². The maximum atomic E-state index is 11.8. The SMILES string of the molecule is CCOC(=O)CCC(=O)N(C)CCOc1ccccc1C. The van der Waals surface area contributed by atoms with Crippen LogP contribution in [0.3, 0.4) is 0 Å². The Morgan fingerprint density at radius 3 is 2.57 bits per heavy atom. The van der Waals surface area contributed by atoms with Crippen LogP contribution < -0.4 is 4.74 Å². The van der Waals surface area contributed by atoms with Crippen molar-refractivity contribution in [1.29, 1.82) is 0 Å². The molecule has 0 atom stereocenters. The van der Waals surface area contributed by atoms with E-state index in [0.29, 0.717) is 19.8 Å². The molecule has 0 radical (unpaired) electrons. The number of carbonyl (C=O) groups is 2. The number of amides is 1. The first-order chi connectivity index (χ1) is 10.0. The van der Waals surface area contributed by atoms with Gasteiger partial charge in [-0.1, -0.05) is 18.2 Å². The molecular formula is C16H23NO4. The predicted octanol–water partition coefficient (Wildman–Crippen LogP) is 2.18. The summed E-state index contributed by atoms with van der Waals surface area (Å²) >= 11 is 0. The smallest absolute Gasteiger partial charge is 0.306 e. The number of carbonyl (C=O) groups excluding carboxylic acids is 2. The quantitative estimate of drug-likeness (QED) is 0.689. The molecule has 5 nitrogen and oxygen atoms in total. The number of aryl methyl sites for hydroxylation is 1. The first-order valence-corrected chi connectivity index (χ1v) is 7.12. The maximum Gasteiger partial charge on any atom is 0.306 e. The van der Waals surface area contributed by atoms with Crippen LogP contribution in [0.5, 0.6) is 5.75 Å². The number of esters is 1. The maximum absolute atomic E-state index is 11.8. The van der Waals surface area contributed by atoms with Gasteiger partial charge in [-0.05, 0) is 25.5 Å². The monoisotopic (exact) mass is 293 g/mol. The first kappa shape index (κ1) is 17.0. The van der Waals surface area contributed by atoms with Crippen molar-refractivity contribution in [3.05, 3.63) is 29.8 Å². The fraction of sp³-hybridized carbons (Fsp3) is 0.500. The van der Waals surface area contributed by atoms with E-state index in [2.05, 4.69) is 0 Å². The van der Waals surface area contributed by atoms with Gasteiger partial charge in [-0.25, -0.2) is 0 Å². The topological polar surface area (TPSA) is 55.8 Å². The zero-order valence-electron chi connectivity index (χ0n) is 12.9. The van der Waals surface area contributed by atoms with Gasteiger partial charge in [0.25, 0.3) is 0 Å². The molecule has 0 heterocycles. The van der Waals surface area contributed by atoms with Crippen molar-refractivity contribution in [2.45, 2.75) is 26.7 Å². The lowest BCUT2D eigenvalue weighted by atomic mass is 10.2. The van der Waals surface area contributed by atoms with Crippen molar-refractivity contribution in [2.75, 3.05) is 26.8 Å². The molecule has 0 unspecified atom stereocenters. The normalized spacial score (nSPS) is 10.0. The second-order valence-electron chi connectivity index (χ2n) is 4.73. The standard InChI is InChI=1S/C16H23NO4/c1-4-20-16(19)10-9-15(18)17(3)11-12-21-14-8-6-5-7-13(14)2/h5-8H,4,9-12H2,1-3H3. The van der Waals surface area contributed by atoms with Gasteiger partial charge in [0.15, 0.2) is 0 Å². The van der Waals surface area contributed by atoms with E-state index < -0.39 is 0 Å². The van der Waals surface area contributed by atoms with Gasteiger partial charge in [0, 0.05) is 13.5 Å². The molecule has 0 aliphatic rings. The number of nitrogens with zero attached hydrogens (tertiary/aromatic N) is 1. The van der Waals surface area contributed by atoms with Crippen LogP contribution in [0, 0.1) is 6.92 Å². The van der Waals surface area contributed by atoms with Crippen molar-refractivity contribution < 1.29 is 19.1 Å². The molecule has 0 bridgehead atoms. The predicted molar refractivity (Wildman–Crippen MR) is 80.2 cm³/mol. The van der Waals surface area contributed by atoms with Crippen LogP contribution in [0.25, 0.3) is 0 Å². The number of hydrogen-bond acceptors (Lipinski definition) is 4. The third-order valence-electron chi connectivity index (χ3n) is 3.05. The number of benzene rings is 1. The molecule has 1 amide bonds. The average molecular weight is 293 g/mol. The Hall–Kier alpha value is -2.04. The largest absolute Gasteiger partial charge is 0.491 e. The molecule has 1 rings (SSSR count). The first-order valence-electron chi connectivity index (χ1n) is 7.12. The highest BCUT2D eigenvalue weighted by Crippen LogP contribution is 2.15. The molecule has 0 aliphatic carbocycles. The summed E-state index contributed by atoms with van der Waals surface area (Å²) < 4.78 is 10.4. The summed E-state index contributed by atoms with van der Waals surface area (Å²) in [5.74, 6) is 0.400. The molecule has 0 N–H and O–H groups in total. The van der Waals surface area contributed by atoms with Crippen molar-refractivity contribution in [3.8, 4) is 5.75 Å². The summed E-state index contributed by atoms with van der Waals surface area (Å²) in [6, 6.07) is 7.74. The summed E-state index contributed by atoms with van der Waals surface area (Å²) in [6.07, 6.45) is 0.287. The van der Waals surface area contributed by atoms with Crippen LogP contribution in [0.1, 0.15) is 25.3 Å². The Bertz CT molecular complexity index is 473. The Morgan fingerprint density at radius 1 is 1.19 bits per heavy atom. The summed E-state index contributed by atoms with van der Waals surface area (Å²) in [6.45, 7) is 4.97. The van der Waals surface area contributed by atoms with Crippen molar-refractivity contribution in [1.82, 2.24) is 4.90 Å². The number of para-hydroxylation sites is 1. The van der Waals surface area contributed by atoms with E-state index in [4.69, 9.17) is 9.47 Å². The van der Waals surface area contributed by atoms with Crippen LogP contribution in [-0.4, -0.2) is 43.6 Å². The van der Waals surface area contributed by atoms with Gasteiger partial charge in [-0.2, -0.15) is 0 Å². The molecule has 0 aliphatic heterocycles. The number of ether oxygens (including phenoxy) is 2. The van der Waals surface area contributed by atoms with Crippen molar-refractivity contribution in [2.24, 2.45) is 0 Å². The van der Waals surface area contributed by atoms with E-state index >= 15 is 0 Å². The van der Waals surface area contributed by atoms with E-state index in [1.807, 2.05) is 31.2 Å². The molecule has 1 aromatic rings. The second kappa shape index (κ2) is 9.00. The van der Waals surface area contributed by atoms with Gasteiger partial charge in [0.1, 0.15) is 12.4 Å². The summed E-state index contributed by atoms with van der Waals surface area (Å²) in [4.78, 5) is 24.6. The van der Waals surface area contributed by atoms with E-state index in [9.17, 15) is 9.59 Å². The molecule has 0 aromatic heterocycles. The minimum atomic E-state index is -0.338. The van der Waals surface area contributed by atoms with E-state index in [-0.39, 0.29) is 24.7 Å². The average Bonchev–Trinajstić information content (AvgIpc) is 2.47. The van der Waals surface area contributed by atoms with Crippen LogP contribution in [0.4, 0.5) is 0 Å². The second-order valence-corrected chi connectivity index (χ2v) is 4.73. The minimum absolute atomic E-state index is 0.0866. The molecular weight excluding hydrogens is 270 g/mol. The lowest BCUT2D eigenvalue weighted by Gasteiger charge is -2.17. The Kier molecular flexibility index (Phi) is 7.29. The Balaban J connectivity index is 2.27. The van der Waals surface area contributed by atoms with Gasteiger partial charge >= 0.3 is 5.97 Å². The third-order valence-corrected chi connectivity index (χ3v) is 3.05. The summed E-state index contributed by atoms with van der Waals surface area (Å²) in [5.41, 5.74) is 1.06. The number of rotatable bonds is 8. The molecule has 116 valence electrons. The summed E-state index contributed by atoms with van der Waals surface area (Å²) in [5, 5.41) is 0. The minimum Gasteiger partial charge on any atom is -0.491 e. The van der Waals surface area contributed by atoms with Gasteiger partial charge in [0.2, 0.25) is 5.91 Å². The molecule has 0 saturated carbocycles. The van der Waals surface area contributed by atoms with Crippen LogP contribution in [0.15, 0.2) is 24.3 Å². The highest BCUT2D eigenvalue weighted by molar-refractivity contribution is 5.81. The Labute approximate surface area is 125 Å². The van der Waals surface area contributed by atoms with Gasteiger partial charge in [0.05, 0.1) is 19.6 Å². The fourth-order valence-electron chi connectivity index (χ4n) is 1.77. The number of hydrogen-bond donors (Lipinski definition) is 0. The Morgan fingerprint density at radius 2 is 1.90 bits per heavy atom.